The molecule has 0 fully saturated rings. The molecule has 0 aliphatic carbocycles. The largest absolute Gasteiger partial charge is 0.423 e. The van der Waals surface area contributed by atoms with Crippen molar-refractivity contribution in [3.8, 4) is 11.3 Å². The van der Waals surface area contributed by atoms with Crippen LogP contribution in [0.1, 0.15) is 36.6 Å². The van der Waals surface area contributed by atoms with E-state index in [4.69, 9.17) is 25.5 Å². The maximum absolute atomic E-state index is 6.04. The van der Waals surface area contributed by atoms with Crippen LogP contribution in [-0.2, 0) is 13.0 Å². The smallest absolute Gasteiger partial charge is 0.298 e. The van der Waals surface area contributed by atoms with E-state index in [1.807, 2.05) is 30.3 Å². The van der Waals surface area contributed by atoms with E-state index in [-0.39, 0.29) is 0 Å². The van der Waals surface area contributed by atoms with Crippen LogP contribution in [0.5, 0.6) is 0 Å². The summed E-state index contributed by atoms with van der Waals surface area (Å²) in [5, 5.41) is 4.97. The first-order valence-electron chi connectivity index (χ1n) is 9.47. The van der Waals surface area contributed by atoms with Gasteiger partial charge in [0.1, 0.15) is 5.52 Å². The van der Waals surface area contributed by atoms with Crippen molar-refractivity contribution in [1.82, 2.24) is 10.1 Å². The van der Waals surface area contributed by atoms with E-state index >= 15 is 0 Å². The number of benzene rings is 2. The number of hydrogen-bond donors (Lipinski definition) is 0. The third-order valence-corrected chi connectivity index (χ3v) is 5.53. The van der Waals surface area contributed by atoms with E-state index in [0.717, 1.165) is 46.6 Å². The molecule has 0 saturated carbocycles. The van der Waals surface area contributed by atoms with Gasteiger partial charge in [0.15, 0.2) is 11.3 Å². The molecule has 3 heterocycles. The third-order valence-electron chi connectivity index (χ3n) is 5.28. The summed E-state index contributed by atoms with van der Waals surface area (Å²) in [6, 6.07) is 14.5. The quantitative estimate of drug-likeness (QED) is 0.438. The Balaban J connectivity index is 1.48. The molecule has 5 rings (SSSR count). The summed E-state index contributed by atoms with van der Waals surface area (Å²) in [5.74, 6) is 1.25. The number of hydrogen-bond acceptors (Lipinski definition) is 5. The van der Waals surface area contributed by atoms with Crippen LogP contribution < -0.4 is 4.90 Å². The number of oxazole rings is 1. The summed E-state index contributed by atoms with van der Waals surface area (Å²) in [6.45, 7) is 5.81. The number of anilines is 1. The Hall–Kier alpha value is -2.79. The monoisotopic (exact) mass is 393 g/mol. The van der Waals surface area contributed by atoms with Gasteiger partial charge < -0.3 is 13.8 Å². The van der Waals surface area contributed by atoms with E-state index in [0.29, 0.717) is 23.5 Å². The van der Waals surface area contributed by atoms with Crippen molar-refractivity contribution >= 4 is 28.7 Å². The second-order valence-electron chi connectivity index (χ2n) is 7.49. The zero-order valence-corrected chi connectivity index (χ0v) is 16.5. The predicted octanol–water partition coefficient (Wildman–Crippen LogP) is 5.82. The minimum atomic E-state index is 0.459. The Morgan fingerprint density at radius 1 is 1.11 bits per heavy atom. The van der Waals surface area contributed by atoms with Gasteiger partial charge in [-0.3, -0.25) is 0 Å². The minimum Gasteiger partial charge on any atom is -0.423 e. The Kier molecular flexibility index (Phi) is 4.13. The standard InChI is InChI=1S/C22H20ClN3O2/c1-13(2)15-5-8-20-19(11-15)24-22(27-20)26-10-9-18-17(12-26)21(28-25-18)14-3-6-16(23)7-4-14/h3-8,11,13H,9-10,12H2,1-2H3. The zero-order chi connectivity index (χ0) is 19.3. The van der Waals surface area contributed by atoms with Crippen LogP contribution >= 0.6 is 11.6 Å². The van der Waals surface area contributed by atoms with Gasteiger partial charge in [-0.25, -0.2) is 0 Å². The van der Waals surface area contributed by atoms with Crippen molar-refractivity contribution in [2.75, 3.05) is 11.4 Å². The molecule has 2 aromatic carbocycles. The predicted molar refractivity (Wildman–Crippen MR) is 110 cm³/mol. The maximum Gasteiger partial charge on any atom is 0.298 e. The van der Waals surface area contributed by atoms with Crippen LogP contribution in [0.4, 0.5) is 6.01 Å². The van der Waals surface area contributed by atoms with Crippen molar-refractivity contribution in [3.63, 3.8) is 0 Å². The molecule has 142 valence electrons. The molecule has 4 aromatic rings. The van der Waals surface area contributed by atoms with E-state index in [9.17, 15) is 0 Å². The first-order chi connectivity index (χ1) is 13.6. The van der Waals surface area contributed by atoms with Gasteiger partial charge in [0.2, 0.25) is 0 Å². The highest BCUT2D eigenvalue weighted by Crippen LogP contribution is 2.34. The van der Waals surface area contributed by atoms with Gasteiger partial charge in [-0.15, -0.1) is 0 Å². The van der Waals surface area contributed by atoms with Gasteiger partial charge in [0, 0.05) is 29.1 Å². The Morgan fingerprint density at radius 2 is 1.93 bits per heavy atom. The second kappa shape index (κ2) is 6.67. The minimum absolute atomic E-state index is 0.459. The Labute approximate surface area is 167 Å². The lowest BCUT2D eigenvalue weighted by Crippen LogP contribution is -2.30. The fourth-order valence-electron chi connectivity index (χ4n) is 3.63. The number of nitrogens with zero attached hydrogens (tertiary/aromatic N) is 3. The molecule has 2 aromatic heterocycles. The molecule has 0 spiro atoms. The average Bonchev–Trinajstić information content (AvgIpc) is 3.31. The maximum atomic E-state index is 6.04. The van der Waals surface area contributed by atoms with Crippen LogP contribution in [0.2, 0.25) is 5.02 Å². The van der Waals surface area contributed by atoms with Gasteiger partial charge in [-0.05, 0) is 47.9 Å². The van der Waals surface area contributed by atoms with Crippen LogP contribution in [0.15, 0.2) is 51.4 Å². The van der Waals surface area contributed by atoms with Gasteiger partial charge in [0.05, 0.1) is 12.2 Å². The fraction of sp³-hybridized carbons (Fsp3) is 0.273. The highest BCUT2D eigenvalue weighted by molar-refractivity contribution is 6.30. The molecule has 0 bridgehead atoms. The van der Waals surface area contributed by atoms with Crippen LogP contribution in [0.3, 0.4) is 0 Å². The number of halogens is 1. The highest BCUT2D eigenvalue weighted by atomic mass is 35.5. The molecule has 0 amide bonds. The molecule has 1 aliphatic heterocycles. The van der Waals surface area contributed by atoms with Crippen molar-refractivity contribution in [1.29, 1.82) is 0 Å². The summed E-state index contributed by atoms with van der Waals surface area (Å²) in [7, 11) is 0. The number of fused-ring (bicyclic) bond motifs is 2. The van der Waals surface area contributed by atoms with Gasteiger partial charge in [0.25, 0.3) is 6.01 Å². The molecule has 6 heteroatoms. The molecule has 5 nitrogen and oxygen atoms in total. The van der Waals surface area contributed by atoms with E-state index < -0.39 is 0 Å². The first-order valence-corrected chi connectivity index (χ1v) is 9.85. The van der Waals surface area contributed by atoms with Gasteiger partial charge in [-0.2, -0.15) is 4.98 Å². The van der Waals surface area contributed by atoms with E-state index in [1.165, 1.54) is 5.56 Å². The molecule has 1 aliphatic rings. The van der Waals surface area contributed by atoms with Crippen molar-refractivity contribution < 1.29 is 8.94 Å². The number of aromatic nitrogens is 2. The lowest BCUT2D eigenvalue weighted by molar-refractivity contribution is 0.423. The zero-order valence-electron chi connectivity index (χ0n) is 15.8. The summed E-state index contributed by atoms with van der Waals surface area (Å²) < 4.78 is 11.7. The normalized spacial score (nSPS) is 14.1. The molecular formula is C22H20ClN3O2. The third kappa shape index (κ3) is 2.96. The van der Waals surface area contributed by atoms with E-state index in [1.54, 1.807) is 0 Å². The summed E-state index contributed by atoms with van der Waals surface area (Å²) in [4.78, 5) is 6.89. The topological polar surface area (TPSA) is 55.3 Å². The molecule has 0 atom stereocenters. The Bertz CT molecular complexity index is 1140. The molecular weight excluding hydrogens is 374 g/mol. The van der Waals surface area contributed by atoms with Crippen LogP contribution in [0, 0.1) is 0 Å². The van der Waals surface area contributed by atoms with Crippen molar-refractivity contribution in [3.05, 3.63) is 64.3 Å². The average molecular weight is 394 g/mol. The number of rotatable bonds is 3. The lowest BCUT2D eigenvalue weighted by Gasteiger charge is -2.24. The molecule has 0 N–H and O–H groups in total. The Morgan fingerprint density at radius 3 is 2.71 bits per heavy atom. The van der Waals surface area contributed by atoms with E-state index in [2.05, 4.69) is 36.0 Å². The molecule has 0 radical (unpaired) electrons. The lowest BCUT2D eigenvalue weighted by atomic mass is 10.0. The first kappa shape index (κ1) is 17.3. The van der Waals surface area contributed by atoms with Crippen LogP contribution in [0.25, 0.3) is 22.4 Å². The summed E-state index contributed by atoms with van der Waals surface area (Å²) in [5.41, 5.74) is 6.03. The molecule has 0 saturated heterocycles. The SMILES string of the molecule is CC(C)c1ccc2oc(N3CCc4noc(-c5ccc(Cl)cc5)c4C3)nc2c1. The van der Waals surface area contributed by atoms with Gasteiger partial charge in [-0.1, -0.05) is 36.7 Å². The van der Waals surface area contributed by atoms with Crippen LogP contribution in [-0.4, -0.2) is 16.7 Å². The second-order valence-corrected chi connectivity index (χ2v) is 7.93. The summed E-state index contributed by atoms with van der Waals surface area (Å²) >= 11 is 6.01. The van der Waals surface area contributed by atoms with Gasteiger partial charge >= 0.3 is 0 Å². The molecule has 28 heavy (non-hydrogen) atoms. The molecule has 0 unspecified atom stereocenters. The van der Waals surface area contributed by atoms with Crippen molar-refractivity contribution in [2.24, 2.45) is 0 Å². The van der Waals surface area contributed by atoms with Crippen molar-refractivity contribution in [2.45, 2.75) is 32.7 Å². The summed E-state index contributed by atoms with van der Waals surface area (Å²) in [6.07, 6.45) is 0.794. The fourth-order valence-corrected chi connectivity index (χ4v) is 3.76. The highest BCUT2D eigenvalue weighted by Gasteiger charge is 2.27.